The van der Waals surface area contributed by atoms with Crippen LogP contribution in [0.1, 0.15) is 29.5 Å². The minimum Gasteiger partial charge on any atom is -0.361 e. The molecule has 1 N–H and O–H groups in total. The molecule has 2 rings (SSSR count). The zero-order valence-corrected chi connectivity index (χ0v) is 16.6. The highest BCUT2D eigenvalue weighted by atomic mass is 32.2. The normalized spacial score (nSPS) is 10.7. The molecule has 1 aromatic carbocycles. The van der Waals surface area contributed by atoms with Gasteiger partial charge in [0.15, 0.2) is 0 Å². The second-order valence-electron chi connectivity index (χ2n) is 6.11. The number of hydrogen-bond donors (Lipinski definition) is 1. The molecule has 0 saturated carbocycles. The zero-order valence-electron chi connectivity index (χ0n) is 15.8. The van der Waals surface area contributed by atoms with Gasteiger partial charge in [0.25, 0.3) is 0 Å². The first-order valence-electron chi connectivity index (χ1n) is 8.69. The summed E-state index contributed by atoms with van der Waals surface area (Å²) in [5, 5.41) is 6.65. The molecule has 6 nitrogen and oxygen atoms in total. The summed E-state index contributed by atoms with van der Waals surface area (Å²) >= 11 is 1.47. The number of thioether (sulfide) groups is 1. The maximum absolute atomic E-state index is 12.9. The van der Waals surface area contributed by atoms with Gasteiger partial charge in [0, 0.05) is 24.4 Å². The minimum atomic E-state index is -0.318. The summed E-state index contributed by atoms with van der Waals surface area (Å²) in [4.78, 5) is 26.0. The Morgan fingerprint density at radius 2 is 1.96 bits per heavy atom. The van der Waals surface area contributed by atoms with E-state index in [9.17, 15) is 14.0 Å². The Morgan fingerprint density at radius 3 is 2.56 bits per heavy atom. The summed E-state index contributed by atoms with van der Waals surface area (Å²) in [6.45, 7) is 6.31. The molecule has 0 radical (unpaired) electrons. The second-order valence-corrected chi connectivity index (χ2v) is 7.09. The van der Waals surface area contributed by atoms with Gasteiger partial charge >= 0.3 is 0 Å². The molecule has 146 valence electrons. The average molecular weight is 393 g/mol. The number of hydrogen-bond acceptors (Lipinski definition) is 5. The molecular weight excluding hydrogens is 369 g/mol. The van der Waals surface area contributed by atoms with Gasteiger partial charge in [-0.3, -0.25) is 9.59 Å². The van der Waals surface area contributed by atoms with E-state index in [0.717, 1.165) is 22.6 Å². The number of benzene rings is 1. The number of halogens is 1. The monoisotopic (exact) mass is 393 g/mol. The van der Waals surface area contributed by atoms with Crippen LogP contribution in [-0.2, 0) is 21.9 Å². The maximum atomic E-state index is 12.9. The highest BCUT2D eigenvalue weighted by molar-refractivity contribution is 7.99. The number of likely N-dealkylation sites (N-methyl/N-ethyl adjacent to an activating group) is 1. The lowest BCUT2D eigenvalue weighted by molar-refractivity contribution is -0.133. The lowest BCUT2D eigenvalue weighted by Gasteiger charge is -2.20. The largest absolute Gasteiger partial charge is 0.361 e. The Labute approximate surface area is 162 Å². The van der Waals surface area contributed by atoms with Crippen molar-refractivity contribution >= 4 is 23.6 Å². The SMILES string of the molecule is CCN(CC(=O)NCc1ccc(F)cc1)C(=O)CSCc1c(C)noc1C. The van der Waals surface area contributed by atoms with Gasteiger partial charge < -0.3 is 14.7 Å². The summed E-state index contributed by atoms with van der Waals surface area (Å²) in [6, 6.07) is 5.92. The molecule has 2 aromatic rings. The third kappa shape index (κ3) is 6.39. The van der Waals surface area contributed by atoms with Crippen molar-refractivity contribution < 1.29 is 18.5 Å². The van der Waals surface area contributed by atoms with Crippen molar-refractivity contribution in [2.75, 3.05) is 18.8 Å². The molecule has 0 fully saturated rings. The van der Waals surface area contributed by atoms with Gasteiger partial charge in [-0.1, -0.05) is 17.3 Å². The fourth-order valence-electron chi connectivity index (χ4n) is 2.45. The molecule has 0 atom stereocenters. The summed E-state index contributed by atoms with van der Waals surface area (Å²) in [6.07, 6.45) is 0. The number of nitrogens with one attached hydrogen (secondary N) is 1. The van der Waals surface area contributed by atoms with E-state index in [1.807, 2.05) is 20.8 Å². The van der Waals surface area contributed by atoms with E-state index in [1.54, 1.807) is 12.1 Å². The molecule has 0 bridgehead atoms. The molecular formula is C19H24FN3O3S. The van der Waals surface area contributed by atoms with Gasteiger partial charge in [-0.2, -0.15) is 0 Å². The summed E-state index contributed by atoms with van der Waals surface area (Å²) < 4.78 is 18.0. The van der Waals surface area contributed by atoms with Gasteiger partial charge in [-0.05, 0) is 38.5 Å². The van der Waals surface area contributed by atoms with Crippen molar-refractivity contribution in [2.45, 2.75) is 33.1 Å². The number of rotatable bonds is 9. The third-order valence-electron chi connectivity index (χ3n) is 4.12. The lowest BCUT2D eigenvalue weighted by atomic mass is 10.2. The first kappa shape index (κ1) is 21.0. The Bertz CT molecular complexity index is 758. The van der Waals surface area contributed by atoms with E-state index in [-0.39, 0.29) is 29.9 Å². The predicted molar refractivity (Wildman–Crippen MR) is 103 cm³/mol. The molecule has 27 heavy (non-hydrogen) atoms. The van der Waals surface area contributed by atoms with E-state index in [4.69, 9.17) is 4.52 Å². The number of amides is 2. The van der Waals surface area contributed by atoms with Crippen LogP contribution in [0.15, 0.2) is 28.8 Å². The second kappa shape index (κ2) is 10.1. The summed E-state index contributed by atoms with van der Waals surface area (Å²) in [7, 11) is 0. The van der Waals surface area contributed by atoms with Crippen molar-refractivity contribution in [1.29, 1.82) is 0 Å². The van der Waals surface area contributed by atoms with Gasteiger partial charge in [0.1, 0.15) is 11.6 Å². The van der Waals surface area contributed by atoms with E-state index in [0.29, 0.717) is 18.8 Å². The van der Waals surface area contributed by atoms with E-state index < -0.39 is 0 Å². The molecule has 0 saturated heterocycles. The van der Waals surface area contributed by atoms with Crippen LogP contribution >= 0.6 is 11.8 Å². The number of aromatic nitrogens is 1. The maximum Gasteiger partial charge on any atom is 0.239 e. The van der Waals surface area contributed by atoms with E-state index in [2.05, 4.69) is 10.5 Å². The molecule has 0 aliphatic heterocycles. The van der Waals surface area contributed by atoms with Crippen LogP contribution < -0.4 is 5.32 Å². The quantitative estimate of drug-likeness (QED) is 0.709. The predicted octanol–water partition coefficient (Wildman–Crippen LogP) is 2.83. The van der Waals surface area contributed by atoms with Gasteiger partial charge in [0.05, 0.1) is 18.0 Å². The van der Waals surface area contributed by atoms with Crippen LogP contribution in [-0.4, -0.2) is 40.7 Å². The fourth-order valence-corrected chi connectivity index (χ4v) is 3.52. The van der Waals surface area contributed by atoms with Gasteiger partial charge in [-0.25, -0.2) is 4.39 Å². The third-order valence-corrected chi connectivity index (χ3v) is 5.07. The van der Waals surface area contributed by atoms with Gasteiger partial charge in [0.2, 0.25) is 11.8 Å². The standard InChI is InChI=1S/C19H24FN3O3S/c1-4-23(10-18(24)21-9-15-5-7-16(20)8-6-15)19(25)12-27-11-17-13(2)22-26-14(17)3/h5-8H,4,9-12H2,1-3H3,(H,21,24). The van der Waals surface area contributed by atoms with Crippen molar-refractivity contribution in [3.63, 3.8) is 0 Å². The van der Waals surface area contributed by atoms with Crippen molar-refractivity contribution in [3.8, 4) is 0 Å². The first-order chi connectivity index (χ1) is 12.9. The van der Waals surface area contributed by atoms with Crippen LogP contribution in [0.25, 0.3) is 0 Å². The minimum absolute atomic E-state index is 0.00239. The topological polar surface area (TPSA) is 75.4 Å². The molecule has 1 heterocycles. The van der Waals surface area contributed by atoms with Crippen molar-refractivity contribution in [2.24, 2.45) is 0 Å². The number of aryl methyl sites for hydroxylation is 2. The molecule has 0 aliphatic rings. The molecule has 2 amide bonds. The Kier molecular flexibility index (Phi) is 7.84. The molecule has 0 spiro atoms. The van der Waals surface area contributed by atoms with Crippen LogP contribution in [0.2, 0.25) is 0 Å². The van der Waals surface area contributed by atoms with Gasteiger partial charge in [-0.15, -0.1) is 11.8 Å². The molecule has 0 unspecified atom stereocenters. The highest BCUT2D eigenvalue weighted by Crippen LogP contribution is 2.19. The Morgan fingerprint density at radius 1 is 1.26 bits per heavy atom. The number of carbonyl (C=O) groups excluding carboxylic acids is 2. The smallest absolute Gasteiger partial charge is 0.239 e. The molecule has 0 aliphatic carbocycles. The summed E-state index contributed by atoms with van der Waals surface area (Å²) in [5.41, 5.74) is 2.64. The number of carbonyl (C=O) groups is 2. The average Bonchev–Trinajstić information content (AvgIpc) is 2.97. The fraction of sp³-hybridized carbons (Fsp3) is 0.421. The highest BCUT2D eigenvalue weighted by Gasteiger charge is 2.16. The van der Waals surface area contributed by atoms with Crippen molar-refractivity contribution in [1.82, 2.24) is 15.4 Å². The Balaban J connectivity index is 1.76. The van der Waals surface area contributed by atoms with Crippen LogP contribution in [0.3, 0.4) is 0 Å². The van der Waals surface area contributed by atoms with Crippen LogP contribution in [0.5, 0.6) is 0 Å². The first-order valence-corrected chi connectivity index (χ1v) is 9.84. The molecule has 8 heteroatoms. The number of nitrogens with zero attached hydrogens (tertiary/aromatic N) is 2. The van der Waals surface area contributed by atoms with Crippen LogP contribution in [0.4, 0.5) is 4.39 Å². The van der Waals surface area contributed by atoms with Crippen LogP contribution in [0, 0.1) is 19.7 Å². The molecule has 1 aromatic heterocycles. The summed E-state index contributed by atoms with van der Waals surface area (Å²) in [5.74, 6) is 1.03. The Hall–Kier alpha value is -2.35. The van der Waals surface area contributed by atoms with E-state index >= 15 is 0 Å². The zero-order chi connectivity index (χ0) is 19.8. The van der Waals surface area contributed by atoms with Crippen molar-refractivity contribution in [3.05, 3.63) is 52.7 Å². The van der Waals surface area contributed by atoms with E-state index in [1.165, 1.54) is 28.8 Å². The lowest BCUT2D eigenvalue weighted by Crippen LogP contribution is -2.41.